The van der Waals surface area contributed by atoms with Crippen LogP contribution in [0.25, 0.3) is 0 Å². The van der Waals surface area contributed by atoms with E-state index in [0.29, 0.717) is 58.7 Å². The maximum Gasteiger partial charge on any atom is 0.410 e. The Hall–Kier alpha value is -3.51. The number of hydrogen-bond donors (Lipinski definition) is 2. The summed E-state index contributed by atoms with van der Waals surface area (Å²) in [5.74, 6) is -2.07. The predicted molar refractivity (Wildman–Crippen MR) is 144 cm³/mol. The molecule has 0 aromatic heterocycles. The number of nitrogens with zero attached hydrogens (tertiary/aromatic N) is 4. The highest BCUT2D eigenvalue weighted by Gasteiger charge is 2.45. The van der Waals surface area contributed by atoms with Crippen LogP contribution in [0.5, 0.6) is 0 Å². The van der Waals surface area contributed by atoms with Crippen molar-refractivity contribution in [2.75, 3.05) is 50.7 Å². The van der Waals surface area contributed by atoms with Crippen LogP contribution in [0.1, 0.15) is 67.2 Å². The van der Waals surface area contributed by atoms with Crippen LogP contribution in [0.15, 0.2) is 18.2 Å². The maximum atomic E-state index is 13.2. The molecule has 0 saturated carbocycles. The summed E-state index contributed by atoms with van der Waals surface area (Å²) in [5, 5.41) is 13.4. The van der Waals surface area contributed by atoms with Gasteiger partial charge in [0.05, 0.1) is 16.7 Å². The molecule has 3 fully saturated rings. The van der Waals surface area contributed by atoms with Crippen LogP contribution < -0.4 is 10.2 Å². The first-order chi connectivity index (χ1) is 18.8. The van der Waals surface area contributed by atoms with E-state index >= 15 is 0 Å². The number of benzene rings is 1. The summed E-state index contributed by atoms with van der Waals surface area (Å²) in [5.41, 5.74) is -0.0913. The lowest BCUT2D eigenvalue weighted by atomic mass is 9.90. The van der Waals surface area contributed by atoms with E-state index in [2.05, 4.69) is 15.1 Å². The first kappa shape index (κ1) is 28.0. The van der Waals surface area contributed by atoms with Crippen molar-refractivity contribution in [3.8, 4) is 0 Å². The van der Waals surface area contributed by atoms with Gasteiger partial charge in [-0.2, -0.15) is 0 Å². The molecule has 0 bridgehead atoms. The van der Waals surface area contributed by atoms with Gasteiger partial charge < -0.3 is 19.6 Å². The molecule has 1 aromatic carbocycles. The molecule has 3 saturated heterocycles. The third kappa shape index (κ3) is 5.68. The van der Waals surface area contributed by atoms with Crippen molar-refractivity contribution in [2.45, 2.75) is 63.7 Å². The SMILES string of the molecule is CC(C)(C)OC(=O)N1CCC(O)(CN2CCN(c3ccc4c(c3)C(=O)N(C3CCC(=O)NC3=O)C4=O)CC2)CC1. The number of nitrogens with one attached hydrogen (secondary N) is 1. The Balaban J connectivity index is 1.15. The summed E-state index contributed by atoms with van der Waals surface area (Å²) in [7, 11) is 0. The van der Waals surface area contributed by atoms with E-state index in [-0.39, 0.29) is 30.1 Å². The average Bonchev–Trinajstić information content (AvgIpc) is 3.13. The molecule has 216 valence electrons. The minimum Gasteiger partial charge on any atom is -0.444 e. The van der Waals surface area contributed by atoms with E-state index in [1.807, 2.05) is 26.8 Å². The number of hydrogen-bond acceptors (Lipinski definition) is 9. The summed E-state index contributed by atoms with van der Waals surface area (Å²) in [6.45, 7) is 9.70. The molecule has 40 heavy (non-hydrogen) atoms. The fourth-order valence-corrected chi connectivity index (χ4v) is 5.83. The molecule has 2 N–H and O–H groups in total. The second-order valence-electron chi connectivity index (χ2n) is 12.1. The van der Waals surface area contributed by atoms with E-state index in [1.54, 1.807) is 17.0 Å². The van der Waals surface area contributed by atoms with Crippen molar-refractivity contribution in [1.29, 1.82) is 0 Å². The van der Waals surface area contributed by atoms with Gasteiger partial charge in [-0.15, -0.1) is 0 Å². The number of piperidine rings is 2. The Kier molecular flexibility index (Phi) is 7.34. The van der Waals surface area contributed by atoms with Crippen molar-refractivity contribution in [2.24, 2.45) is 0 Å². The molecular formula is C28H37N5O7. The van der Waals surface area contributed by atoms with Gasteiger partial charge in [0.1, 0.15) is 11.6 Å². The van der Waals surface area contributed by atoms with E-state index in [1.165, 1.54) is 0 Å². The number of carbonyl (C=O) groups excluding carboxylic acids is 5. The Morgan fingerprint density at radius 3 is 2.27 bits per heavy atom. The van der Waals surface area contributed by atoms with E-state index in [9.17, 15) is 29.1 Å². The number of aliphatic hydroxyl groups is 1. The first-order valence-electron chi connectivity index (χ1n) is 13.9. The molecule has 0 spiro atoms. The Morgan fingerprint density at radius 2 is 1.65 bits per heavy atom. The second kappa shape index (κ2) is 10.5. The average molecular weight is 556 g/mol. The van der Waals surface area contributed by atoms with Crippen LogP contribution in [-0.2, 0) is 14.3 Å². The minimum atomic E-state index is -0.987. The Bertz CT molecular complexity index is 1230. The minimum absolute atomic E-state index is 0.0798. The van der Waals surface area contributed by atoms with Gasteiger partial charge >= 0.3 is 6.09 Å². The highest BCUT2D eigenvalue weighted by atomic mass is 16.6. The topological polar surface area (TPSA) is 140 Å². The maximum absolute atomic E-state index is 13.2. The summed E-state index contributed by atoms with van der Waals surface area (Å²) >= 11 is 0. The summed E-state index contributed by atoms with van der Waals surface area (Å²) in [6, 6.07) is 4.16. The van der Waals surface area contributed by atoms with Crippen molar-refractivity contribution < 1.29 is 33.8 Å². The van der Waals surface area contributed by atoms with Gasteiger partial charge in [-0.05, 0) is 58.2 Å². The smallest absolute Gasteiger partial charge is 0.410 e. The number of piperazine rings is 1. The van der Waals surface area contributed by atoms with Crippen LogP contribution in [0, 0.1) is 0 Å². The van der Waals surface area contributed by atoms with Gasteiger partial charge in [0.25, 0.3) is 11.8 Å². The number of rotatable bonds is 4. The Morgan fingerprint density at radius 1 is 1.00 bits per heavy atom. The number of amides is 5. The normalized spacial score (nSPS) is 23.8. The molecule has 4 aliphatic heterocycles. The van der Waals surface area contributed by atoms with Crippen molar-refractivity contribution in [3.05, 3.63) is 29.3 Å². The van der Waals surface area contributed by atoms with Crippen LogP contribution in [0.3, 0.4) is 0 Å². The number of β-amino-alcohol motifs (C(OH)–C–C–N with tert-alkyl or cyclic N) is 1. The van der Waals surface area contributed by atoms with Crippen molar-refractivity contribution in [1.82, 2.24) is 20.0 Å². The third-order valence-corrected chi connectivity index (χ3v) is 8.02. The largest absolute Gasteiger partial charge is 0.444 e. The van der Waals surface area contributed by atoms with Gasteiger partial charge in [0, 0.05) is 57.9 Å². The van der Waals surface area contributed by atoms with E-state index < -0.39 is 40.9 Å². The van der Waals surface area contributed by atoms with E-state index in [0.717, 1.165) is 10.6 Å². The monoisotopic (exact) mass is 555 g/mol. The first-order valence-corrected chi connectivity index (χ1v) is 13.9. The molecule has 4 aliphatic rings. The molecular weight excluding hydrogens is 518 g/mol. The zero-order valence-corrected chi connectivity index (χ0v) is 23.3. The van der Waals surface area contributed by atoms with Crippen LogP contribution in [-0.4, -0.2) is 113 Å². The standard InChI is InChI=1S/C28H37N5O7/c1-27(2,3)40-26(38)32-10-8-28(39,9-11-32)17-30-12-14-31(15-13-30)18-4-5-19-20(16-18)25(37)33(24(19)36)21-6-7-22(34)29-23(21)35/h4-5,16,21,39H,6-15,17H2,1-3H3,(H,29,34,35). The molecule has 5 rings (SSSR count). The van der Waals surface area contributed by atoms with Gasteiger partial charge in [-0.3, -0.25) is 34.3 Å². The fourth-order valence-electron chi connectivity index (χ4n) is 5.83. The zero-order valence-electron chi connectivity index (χ0n) is 23.3. The van der Waals surface area contributed by atoms with Gasteiger partial charge in [-0.1, -0.05) is 0 Å². The number of imide groups is 2. The van der Waals surface area contributed by atoms with Crippen molar-refractivity contribution in [3.63, 3.8) is 0 Å². The quantitative estimate of drug-likeness (QED) is 0.520. The lowest BCUT2D eigenvalue weighted by Crippen LogP contribution is -2.56. The molecule has 1 atom stereocenters. The number of ether oxygens (including phenoxy) is 1. The van der Waals surface area contributed by atoms with Gasteiger partial charge in [0.2, 0.25) is 11.8 Å². The number of likely N-dealkylation sites (tertiary alicyclic amines) is 1. The lowest BCUT2D eigenvalue weighted by Gasteiger charge is -2.43. The van der Waals surface area contributed by atoms with Gasteiger partial charge in [0.15, 0.2) is 0 Å². The van der Waals surface area contributed by atoms with Crippen LogP contribution >= 0.6 is 0 Å². The molecule has 1 unspecified atom stereocenters. The molecule has 12 heteroatoms. The molecule has 1 aromatic rings. The summed E-state index contributed by atoms with van der Waals surface area (Å²) in [6.07, 6.45) is 0.819. The van der Waals surface area contributed by atoms with E-state index in [4.69, 9.17) is 4.74 Å². The molecule has 0 radical (unpaired) electrons. The Labute approximate surface area is 233 Å². The van der Waals surface area contributed by atoms with Gasteiger partial charge in [-0.25, -0.2) is 4.79 Å². The molecule has 4 heterocycles. The highest BCUT2D eigenvalue weighted by Crippen LogP contribution is 2.31. The number of fused-ring (bicyclic) bond motifs is 1. The zero-order chi connectivity index (χ0) is 28.8. The molecule has 0 aliphatic carbocycles. The number of carbonyl (C=O) groups is 5. The van der Waals surface area contributed by atoms with Crippen LogP contribution in [0.2, 0.25) is 0 Å². The summed E-state index contributed by atoms with van der Waals surface area (Å²) in [4.78, 5) is 69.3. The summed E-state index contributed by atoms with van der Waals surface area (Å²) < 4.78 is 5.45. The highest BCUT2D eigenvalue weighted by molar-refractivity contribution is 6.23. The predicted octanol–water partition coefficient (Wildman–Crippen LogP) is 0.972. The third-order valence-electron chi connectivity index (χ3n) is 8.02. The molecule has 5 amide bonds. The molecule has 12 nitrogen and oxygen atoms in total. The lowest BCUT2D eigenvalue weighted by molar-refractivity contribution is -0.136. The number of anilines is 1. The van der Waals surface area contributed by atoms with Crippen molar-refractivity contribution >= 4 is 35.4 Å². The van der Waals surface area contributed by atoms with Crippen LogP contribution in [0.4, 0.5) is 10.5 Å². The fraction of sp³-hybridized carbons (Fsp3) is 0.607. The second-order valence-corrected chi connectivity index (χ2v) is 12.1.